The van der Waals surface area contributed by atoms with Crippen LogP contribution in [0.2, 0.25) is 5.02 Å². The molecule has 0 aliphatic heterocycles. The first-order chi connectivity index (χ1) is 17.5. The van der Waals surface area contributed by atoms with Crippen LogP contribution in [0.4, 0.5) is 0 Å². The monoisotopic (exact) mass is 507 g/mol. The van der Waals surface area contributed by atoms with E-state index < -0.39 is 17.8 Å². The summed E-state index contributed by atoms with van der Waals surface area (Å²) in [5, 5.41) is 6.64. The molecule has 0 saturated carbocycles. The highest BCUT2D eigenvalue weighted by molar-refractivity contribution is 6.33. The van der Waals surface area contributed by atoms with E-state index in [1.165, 1.54) is 6.21 Å². The van der Waals surface area contributed by atoms with Crippen molar-refractivity contribution >= 4 is 35.6 Å². The minimum Gasteiger partial charge on any atom is -0.494 e. The molecule has 0 aromatic heterocycles. The van der Waals surface area contributed by atoms with Crippen molar-refractivity contribution in [2.45, 2.75) is 19.8 Å². The number of rotatable bonds is 11. The zero-order valence-corrected chi connectivity index (χ0v) is 20.5. The van der Waals surface area contributed by atoms with Crippen LogP contribution in [-0.4, -0.2) is 37.1 Å². The molecule has 0 bridgehead atoms. The summed E-state index contributed by atoms with van der Waals surface area (Å²) in [6, 6.07) is 19.9. The van der Waals surface area contributed by atoms with Gasteiger partial charge in [-0.2, -0.15) is 5.10 Å². The van der Waals surface area contributed by atoms with Gasteiger partial charge in [0.1, 0.15) is 11.5 Å². The first-order valence-corrected chi connectivity index (χ1v) is 11.7. The van der Waals surface area contributed by atoms with Crippen LogP contribution in [0, 0.1) is 0 Å². The minimum absolute atomic E-state index is 0.262. The van der Waals surface area contributed by atoms with Gasteiger partial charge < -0.3 is 14.8 Å². The molecular formula is C27H26ClN3O5. The van der Waals surface area contributed by atoms with E-state index in [1.807, 2.05) is 0 Å². The Kier molecular flexibility index (Phi) is 10.0. The Morgan fingerprint density at radius 3 is 2.33 bits per heavy atom. The number of unbranched alkanes of at least 4 members (excludes halogenated alkanes) is 1. The number of hydrazone groups is 1. The number of nitrogens with zero attached hydrogens (tertiary/aromatic N) is 1. The number of esters is 1. The van der Waals surface area contributed by atoms with Crippen molar-refractivity contribution in [1.82, 2.24) is 10.7 Å². The van der Waals surface area contributed by atoms with Crippen LogP contribution < -0.4 is 20.2 Å². The number of carbonyl (C=O) groups is 3. The summed E-state index contributed by atoms with van der Waals surface area (Å²) in [5.41, 5.74) is 3.69. The van der Waals surface area contributed by atoms with E-state index in [4.69, 9.17) is 21.1 Å². The molecule has 0 radical (unpaired) electrons. The van der Waals surface area contributed by atoms with Crippen LogP contribution in [0.3, 0.4) is 0 Å². The Hall–Kier alpha value is -4.17. The van der Waals surface area contributed by atoms with Crippen LogP contribution in [0.15, 0.2) is 77.9 Å². The number of nitrogens with one attached hydrogen (secondary N) is 2. The molecule has 0 atom stereocenters. The number of carbonyl (C=O) groups excluding carboxylic acids is 3. The van der Waals surface area contributed by atoms with Crippen LogP contribution in [0.25, 0.3) is 0 Å². The summed E-state index contributed by atoms with van der Waals surface area (Å²) in [7, 11) is 0. The fourth-order valence-electron chi connectivity index (χ4n) is 2.93. The van der Waals surface area contributed by atoms with Crippen LogP contribution in [0.5, 0.6) is 11.5 Å². The summed E-state index contributed by atoms with van der Waals surface area (Å²) in [5.74, 6) is -0.367. The molecule has 2 amide bonds. The van der Waals surface area contributed by atoms with Crippen molar-refractivity contribution in [3.8, 4) is 11.5 Å². The van der Waals surface area contributed by atoms with Crippen molar-refractivity contribution in [3.63, 3.8) is 0 Å². The molecule has 186 valence electrons. The summed E-state index contributed by atoms with van der Waals surface area (Å²) >= 11 is 5.96. The van der Waals surface area contributed by atoms with Crippen LogP contribution >= 0.6 is 11.6 Å². The number of hydrogen-bond acceptors (Lipinski definition) is 6. The number of amides is 2. The van der Waals surface area contributed by atoms with E-state index in [1.54, 1.807) is 72.8 Å². The molecule has 8 nitrogen and oxygen atoms in total. The lowest BCUT2D eigenvalue weighted by atomic mass is 10.2. The Bertz CT molecular complexity index is 1210. The quantitative estimate of drug-likeness (QED) is 0.129. The normalized spacial score (nSPS) is 10.6. The lowest BCUT2D eigenvalue weighted by Gasteiger charge is -2.07. The molecule has 3 aromatic carbocycles. The first-order valence-electron chi connectivity index (χ1n) is 11.4. The van der Waals surface area contributed by atoms with Gasteiger partial charge in [-0.05, 0) is 72.6 Å². The molecular weight excluding hydrogens is 482 g/mol. The van der Waals surface area contributed by atoms with Crippen LogP contribution in [-0.2, 0) is 4.79 Å². The average molecular weight is 508 g/mol. The van der Waals surface area contributed by atoms with Crippen molar-refractivity contribution in [2.24, 2.45) is 5.10 Å². The van der Waals surface area contributed by atoms with E-state index in [0.29, 0.717) is 34.3 Å². The number of halogens is 1. The molecule has 36 heavy (non-hydrogen) atoms. The standard InChI is InChI=1S/C27H26ClN3O5/c1-2-3-16-35-21-14-10-20(11-15-21)27(34)36-22-12-8-19(9-13-22)17-30-31-25(32)18-29-26(33)23-6-4-5-7-24(23)28/h4-15,17H,2-3,16,18H2,1H3,(H,29,33)(H,31,32). The molecule has 3 aromatic rings. The van der Waals surface area contributed by atoms with Gasteiger partial charge >= 0.3 is 5.97 Å². The second-order valence-corrected chi connectivity index (χ2v) is 8.05. The van der Waals surface area contributed by atoms with E-state index in [2.05, 4.69) is 22.8 Å². The fourth-order valence-corrected chi connectivity index (χ4v) is 3.15. The van der Waals surface area contributed by atoms with E-state index in [0.717, 1.165) is 12.8 Å². The summed E-state index contributed by atoms with van der Waals surface area (Å²) in [4.78, 5) is 36.3. The van der Waals surface area contributed by atoms with Gasteiger partial charge in [-0.25, -0.2) is 10.2 Å². The molecule has 0 heterocycles. The van der Waals surface area contributed by atoms with E-state index in [-0.39, 0.29) is 12.1 Å². The number of hydrogen-bond donors (Lipinski definition) is 2. The maximum absolute atomic E-state index is 12.4. The fraction of sp³-hybridized carbons (Fsp3) is 0.185. The van der Waals surface area contributed by atoms with Gasteiger partial charge in [-0.15, -0.1) is 0 Å². The lowest BCUT2D eigenvalue weighted by Crippen LogP contribution is -2.35. The first kappa shape index (κ1) is 26.4. The number of ether oxygens (including phenoxy) is 2. The lowest BCUT2D eigenvalue weighted by molar-refractivity contribution is -0.120. The predicted molar refractivity (Wildman–Crippen MR) is 138 cm³/mol. The molecule has 9 heteroatoms. The Morgan fingerprint density at radius 1 is 0.944 bits per heavy atom. The maximum atomic E-state index is 12.4. The smallest absolute Gasteiger partial charge is 0.343 e. The van der Waals surface area contributed by atoms with Crippen molar-refractivity contribution in [1.29, 1.82) is 0 Å². The minimum atomic E-state index is -0.501. The molecule has 0 fully saturated rings. The second kappa shape index (κ2) is 13.7. The van der Waals surface area contributed by atoms with Crippen molar-refractivity contribution < 1.29 is 23.9 Å². The molecule has 0 saturated heterocycles. The maximum Gasteiger partial charge on any atom is 0.343 e. The van der Waals surface area contributed by atoms with E-state index >= 15 is 0 Å². The molecule has 2 N–H and O–H groups in total. The zero-order valence-electron chi connectivity index (χ0n) is 19.7. The van der Waals surface area contributed by atoms with Gasteiger partial charge in [0.15, 0.2) is 0 Å². The number of benzene rings is 3. The van der Waals surface area contributed by atoms with Crippen molar-refractivity contribution in [3.05, 3.63) is 94.5 Å². The van der Waals surface area contributed by atoms with Gasteiger partial charge in [-0.3, -0.25) is 9.59 Å². The van der Waals surface area contributed by atoms with Crippen LogP contribution in [0.1, 0.15) is 46.0 Å². The molecule has 0 aliphatic rings. The third-order valence-electron chi connectivity index (χ3n) is 4.88. The van der Waals surface area contributed by atoms with Gasteiger partial charge in [0.05, 0.1) is 35.5 Å². The molecule has 0 unspecified atom stereocenters. The summed E-state index contributed by atoms with van der Waals surface area (Å²) in [6.07, 6.45) is 3.45. The third-order valence-corrected chi connectivity index (χ3v) is 5.21. The van der Waals surface area contributed by atoms with Gasteiger partial charge in [0.2, 0.25) is 0 Å². The highest BCUT2D eigenvalue weighted by Gasteiger charge is 2.11. The Labute approximate surface area is 214 Å². The summed E-state index contributed by atoms with van der Waals surface area (Å²) < 4.78 is 11.0. The Morgan fingerprint density at radius 2 is 1.64 bits per heavy atom. The largest absolute Gasteiger partial charge is 0.494 e. The molecule has 0 spiro atoms. The second-order valence-electron chi connectivity index (χ2n) is 7.64. The summed E-state index contributed by atoms with van der Waals surface area (Å²) in [6.45, 7) is 2.47. The van der Waals surface area contributed by atoms with Crippen molar-refractivity contribution in [2.75, 3.05) is 13.2 Å². The highest BCUT2D eigenvalue weighted by atomic mass is 35.5. The zero-order chi connectivity index (χ0) is 25.8. The average Bonchev–Trinajstić information content (AvgIpc) is 2.89. The SMILES string of the molecule is CCCCOc1ccc(C(=O)Oc2ccc(C=NNC(=O)CNC(=O)c3ccccc3Cl)cc2)cc1. The van der Waals surface area contributed by atoms with Gasteiger partial charge in [-0.1, -0.05) is 37.1 Å². The van der Waals surface area contributed by atoms with E-state index in [9.17, 15) is 14.4 Å². The molecule has 3 rings (SSSR count). The highest BCUT2D eigenvalue weighted by Crippen LogP contribution is 2.17. The van der Waals surface area contributed by atoms with Gasteiger partial charge in [0.25, 0.3) is 11.8 Å². The topological polar surface area (TPSA) is 106 Å². The Balaban J connectivity index is 1.43. The predicted octanol–water partition coefficient (Wildman–Crippen LogP) is 4.62. The third kappa shape index (κ3) is 8.25. The molecule has 0 aliphatic carbocycles. The van der Waals surface area contributed by atoms with Gasteiger partial charge in [0, 0.05) is 0 Å².